The van der Waals surface area contributed by atoms with E-state index in [1.54, 1.807) is 4.68 Å². The first kappa shape index (κ1) is 6.79. The summed E-state index contributed by atoms with van der Waals surface area (Å²) in [6.45, 7) is 0.971. The second-order valence-corrected chi connectivity index (χ2v) is 1.78. The van der Waals surface area contributed by atoms with E-state index < -0.39 is 0 Å². The first-order valence-corrected chi connectivity index (χ1v) is 2.93. The van der Waals surface area contributed by atoms with Crippen molar-refractivity contribution < 1.29 is 0 Å². The molecule has 10 heavy (non-hydrogen) atoms. The van der Waals surface area contributed by atoms with Gasteiger partial charge in [-0.3, -0.25) is 0 Å². The molecule has 0 bridgehead atoms. The van der Waals surface area contributed by atoms with Crippen molar-refractivity contribution in [3.05, 3.63) is 11.2 Å². The average molecular weight is 141 g/mol. The van der Waals surface area contributed by atoms with Crippen LogP contribution < -0.4 is 0 Å². The quantitative estimate of drug-likeness (QED) is 0.431. The first-order valence-electron chi connectivity index (χ1n) is 2.93. The van der Waals surface area contributed by atoms with Crippen LogP contribution in [0, 0.1) is 4.91 Å². The highest BCUT2D eigenvalue weighted by molar-refractivity contribution is 4.48. The van der Waals surface area contributed by atoms with Crippen LogP contribution in [0.1, 0.15) is 6.42 Å². The van der Waals surface area contributed by atoms with Crippen LogP contribution in [-0.4, -0.2) is 26.8 Å². The second kappa shape index (κ2) is 3.65. The van der Waals surface area contributed by atoms with E-state index in [1.165, 1.54) is 6.33 Å². The molecule has 0 N–H and O–H groups in total. The molecule has 0 aliphatic rings. The van der Waals surface area contributed by atoms with Crippen LogP contribution in [0.3, 0.4) is 0 Å². The normalized spacial score (nSPS) is 9.60. The Kier molecular flexibility index (Phi) is 2.48. The lowest BCUT2D eigenvalue weighted by Crippen LogP contribution is -1.99. The van der Waals surface area contributed by atoms with Gasteiger partial charge in [-0.05, 0) is 16.8 Å². The van der Waals surface area contributed by atoms with Crippen molar-refractivity contribution in [3.63, 3.8) is 0 Å². The summed E-state index contributed by atoms with van der Waals surface area (Å²) < 4.78 is 1.56. The molecule has 1 aromatic rings. The Morgan fingerprint density at radius 3 is 3.10 bits per heavy atom. The molecule has 1 aromatic heterocycles. The van der Waals surface area contributed by atoms with Crippen molar-refractivity contribution in [3.8, 4) is 0 Å². The molecular formula is C4H7N5O. The van der Waals surface area contributed by atoms with Crippen LogP contribution in [0.2, 0.25) is 0 Å². The van der Waals surface area contributed by atoms with Crippen LogP contribution in [0.5, 0.6) is 0 Å². The largest absolute Gasteiger partial charge is 0.232 e. The van der Waals surface area contributed by atoms with E-state index in [9.17, 15) is 4.91 Å². The Hall–Kier alpha value is -1.33. The van der Waals surface area contributed by atoms with Gasteiger partial charge in [-0.2, -0.15) is 4.91 Å². The third kappa shape index (κ3) is 1.88. The molecule has 0 radical (unpaired) electrons. The van der Waals surface area contributed by atoms with Gasteiger partial charge in [-0.1, -0.05) is 5.18 Å². The lowest BCUT2D eigenvalue weighted by atomic mass is 10.4. The lowest BCUT2D eigenvalue weighted by Gasteiger charge is -1.92. The maximum atomic E-state index is 9.62. The highest BCUT2D eigenvalue weighted by Gasteiger charge is 1.90. The molecule has 1 rings (SSSR count). The van der Waals surface area contributed by atoms with Crippen molar-refractivity contribution in [2.75, 3.05) is 6.54 Å². The Morgan fingerprint density at radius 2 is 2.50 bits per heavy atom. The number of nitrogens with zero attached hydrogens (tertiary/aromatic N) is 5. The predicted octanol–water partition coefficient (Wildman–Crippen LogP) is -0.170. The van der Waals surface area contributed by atoms with Gasteiger partial charge in [-0.25, -0.2) is 4.68 Å². The molecule has 1 heterocycles. The summed E-state index contributed by atoms with van der Waals surface area (Å²) in [7, 11) is 0. The standard InChI is InChI=1S/C4H7N5O/c10-6-2-1-3-9-4-5-7-8-9/h4H,1-3H2. The number of tetrazole rings is 1. The zero-order valence-corrected chi connectivity index (χ0v) is 5.34. The molecule has 0 atom stereocenters. The number of rotatable bonds is 4. The molecule has 0 unspecified atom stereocenters. The average Bonchev–Trinajstić information content (AvgIpc) is 2.41. The molecule has 6 heteroatoms. The maximum Gasteiger partial charge on any atom is 0.138 e. The van der Waals surface area contributed by atoms with Crippen LogP contribution in [0.15, 0.2) is 11.5 Å². The Bertz CT molecular complexity index is 184. The van der Waals surface area contributed by atoms with Crippen LogP contribution in [-0.2, 0) is 6.54 Å². The predicted molar refractivity (Wildman–Crippen MR) is 33.1 cm³/mol. The van der Waals surface area contributed by atoms with Crippen molar-refractivity contribution in [2.24, 2.45) is 5.18 Å². The Balaban J connectivity index is 2.21. The van der Waals surface area contributed by atoms with E-state index in [-0.39, 0.29) is 0 Å². The number of aryl methyl sites for hydroxylation is 1. The van der Waals surface area contributed by atoms with E-state index >= 15 is 0 Å². The highest BCUT2D eigenvalue weighted by atomic mass is 16.3. The van der Waals surface area contributed by atoms with Crippen molar-refractivity contribution >= 4 is 0 Å². The molecule has 0 spiro atoms. The van der Waals surface area contributed by atoms with Crippen LogP contribution >= 0.6 is 0 Å². The minimum atomic E-state index is 0.319. The second-order valence-electron chi connectivity index (χ2n) is 1.78. The fourth-order valence-electron chi connectivity index (χ4n) is 0.580. The summed E-state index contributed by atoms with van der Waals surface area (Å²) in [5.41, 5.74) is 0. The highest BCUT2D eigenvalue weighted by Crippen LogP contribution is 1.85. The molecular weight excluding hydrogens is 134 g/mol. The van der Waals surface area contributed by atoms with E-state index in [4.69, 9.17) is 0 Å². The van der Waals surface area contributed by atoms with Gasteiger partial charge in [-0.15, -0.1) is 5.10 Å². The Labute approximate surface area is 57.2 Å². The van der Waals surface area contributed by atoms with E-state index in [0.29, 0.717) is 19.5 Å². The first-order chi connectivity index (χ1) is 4.93. The van der Waals surface area contributed by atoms with Gasteiger partial charge >= 0.3 is 0 Å². The topological polar surface area (TPSA) is 73.0 Å². The smallest absolute Gasteiger partial charge is 0.138 e. The van der Waals surface area contributed by atoms with E-state index in [2.05, 4.69) is 20.7 Å². The molecule has 0 aliphatic carbocycles. The summed E-state index contributed by atoms with van der Waals surface area (Å²) in [6, 6.07) is 0. The number of nitroso groups, excluding NO2 is 1. The molecule has 0 aliphatic heterocycles. The monoisotopic (exact) mass is 141 g/mol. The molecule has 0 amide bonds. The summed E-state index contributed by atoms with van der Waals surface area (Å²) in [6.07, 6.45) is 2.19. The fraction of sp³-hybridized carbons (Fsp3) is 0.750. The number of aromatic nitrogens is 4. The SMILES string of the molecule is O=NCCCn1cnnn1. The van der Waals surface area contributed by atoms with Gasteiger partial charge in [0.25, 0.3) is 0 Å². The van der Waals surface area contributed by atoms with Gasteiger partial charge in [0.15, 0.2) is 0 Å². The molecule has 0 saturated carbocycles. The van der Waals surface area contributed by atoms with Gasteiger partial charge < -0.3 is 0 Å². The minimum Gasteiger partial charge on any atom is -0.232 e. The lowest BCUT2D eigenvalue weighted by molar-refractivity contribution is 0.563. The van der Waals surface area contributed by atoms with E-state index in [0.717, 1.165) is 0 Å². The van der Waals surface area contributed by atoms with Gasteiger partial charge in [0, 0.05) is 6.54 Å². The summed E-state index contributed by atoms with van der Waals surface area (Å²) in [4.78, 5) is 9.62. The fourth-order valence-corrected chi connectivity index (χ4v) is 0.580. The summed E-state index contributed by atoms with van der Waals surface area (Å²) in [5, 5.41) is 13.2. The third-order valence-corrected chi connectivity index (χ3v) is 1.03. The minimum absolute atomic E-state index is 0.319. The molecule has 0 aromatic carbocycles. The van der Waals surface area contributed by atoms with Crippen LogP contribution in [0.25, 0.3) is 0 Å². The summed E-state index contributed by atoms with van der Waals surface area (Å²) >= 11 is 0. The van der Waals surface area contributed by atoms with E-state index in [1.807, 2.05) is 0 Å². The van der Waals surface area contributed by atoms with Gasteiger partial charge in [0.1, 0.15) is 6.33 Å². The van der Waals surface area contributed by atoms with Gasteiger partial charge in [0.05, 0.1) is 6.54 Å². The zero-order valence-electron chi connectivity index (χ0n) is 5.34. The molecule has 0 saturated heterocycles. The number of hydrogen-bond donors (Lipinski definition) is 0. The van der Waals surface area contributed by atoms with Crippen molar-refractivity contribution in [2.45, 2.75) is 13.0 Å². The maximum absolute atomic E-state index is 9.62. The van der Waals surface area contributed by atoms with Crippen molar-refractivity contribution in [1.82, 2.24) is 20.2 Å². The number of hydrogen-bond acceptors (Lipinski definition) is 5. The molecule has 54 valence electrons. The molecule has 0 fully saturated rings. The summed E-state index contributed by atoms with van der Waals surface area (Å²) in [5.74, 6) is 0. The zero-order chi connectivity index (χ0) is 7.23. The molecule has 6 nitrogen and oxygen atoms in total. The van der Waals surface area contributed by atoms with Gasteiger partial charge in [0.2, 0.25) is 0 Å². The third-order valence-electron chi connectivity index (χ3n) is 1.03. The Morgan fingerprint density at radius 1 is 1.60 bits per heavy atom. The van der Waals surface area contributed by atoms with Crippen LogP contribution in [0.4, 0.5) is 0 Å². The van der Waals surface area contributed by atoms with Crippen molar-refractivity contribution in [1.29, 1.82) is 0 Å².